The van der Waals surface area contributed by atoms with Gasteiger partial charge in [0.05, 0.1) is 31.8 Å². The zero-order valence-electron chi connectivity index (χ0n) is 20.6. The van der Waals surface area contributed by atoms with Gasteiger partial charge in [-0.2, -0.15) is 10.2 Å². The number of ether oxygens (including phenoxy) is 2. The molecule has 34 heavy (non-hydrogen) atoms. The van der Waals surface area contributed by atoms with Gasteiger partial charge in [-0.15, -0.1) is 0 Å². The first-order valence-corrected chi connectivity index (χ1v) is 12.2. The number of pyridine rings is 1. The van der Waals surface area contributed by atoms with Crippen molar-refractivity contribution in [1.29, 1.82) is 0 Å². The number of piperidine rings is 1. The first-order chi connectivity index (χ1) is 16.5. The molecule has 1 fully saturated rings. The fourth-order valence-corrected chi connectivity index (χ4v) is 5.10. The lowest BCUT2D eigenvalue weighted by atomic mass is 9.97. The highest BCUT2D eigenvalue weighted by Gasteiger charge is 2.25. The van der Waals surface area contributed by atoms with E-state index in [1.54, 1.807) is 13.3 Å². The average Bonchev–Trinajstić information content (AvgIpc) is 3.35. The van der Waals surface area contributed by atoms with Crippen molar-refractivity contribution in [3.63, 3.8) is 0 Å². The van der Waals surface area contributed by atoms with Crippen LogP contribution >= 0.6 is 0 Å². The van der Waals surface area contributed by atoms with E-state index in [4.69, 9.17) is 19.7 Å². The zero-order valence-corrected chi connectivity index (χ0v) is 20.6. The summed E-state index contributed by atoms with van der Waals surface area (Å²) in [6.07, 6.45) is 9.19. The van der Waals surface area contributed by atoms with Crippen LogP contribution in [0.5, 0.6) is 5.88 Å². The van der Waals surface area contributed by atoms with Crippen LogP contribution in [0.2, 0.25) is 0 Å². The number of hydrogen-bond acceptors (Lipinski definition) is 7. The fraction of sp³-hybridized carbons (Fsp3) is 0.560. The number of fused-ring (bicyclic) bond motifs is 1. The molecule has 1 saturated heterocycles. The SMILES string of the molecule is COc1ncc(-n2nc(-c3cnn(CC4CCCN(C(C)C)C4)c3)c3c2NCOCC3)cc1C. The molecular formula is C25H35N7O2. The van der Waals surface area contributed by atoms with Gasteiger partial charge in [0.25, 0.3) is 0 Å². The number of anilines is 1. The smallest absolute Gasteiger partial charge is 0.216 e. The largest absolute Gasteiger partial charge is 0.481 e. The number of nitrogens with zero attached hydrogens (tertiary/aromatic N) is 6. The third kappa shape index (κ3) is 4.54. The van der Waals surface area contributed by atoms with Gasteiger partial charge in [0.2, 0.25) is 5.88 Å². The van der Waals surface area contributed by atoms with Crippen molar-refractivity contribution in [2.75, 3.05) is 38.9 Å². The molecule has 1 N–H and O–H groups in total. The number of rotatable bonds is 6. The van der Waals surface area contributed by atoms with Crippen molar-refractivity contribution >= 4 is 5.82 Å². The van der Waals surface area contributed by atoms with Crippen LogP contribution in [-0.4, -0.2) is 69.0 Å². The van der Waals surface area contributed by atoms with Crippen LogP contribution in [0.25, 0.3) is 16.9 Å². The summed E-state index contributed by atoms with van der Waals surface area (Å²) >= 11 is 0. The molecule has 182 valence electrons. The number of aryl methyl sites for hydroxylation is 1. The molecule has 9 nitrogen and oxygen atoms in total. The molecule has 0 aromatic carbocycles. The Balaban J connectivity index is 1.44. The third-order valence-corrected chi connectivity index (χ3v) is 6.91. The summed E-state index contributed by atoms with van der Waals surface area (Å²) in [5.41, 5.74) is 4.98. The predicted octanol–water partition coefficient (Wildman–Crippen LogP) is 3.51. The molecule has 0 amide bonds. The summed E-state index contributed by atoms with van der Waals surface area (Å²) in [5.74, 6) is 2.20. The van der Waals surface area contributed by atoms with Gasteiger partial charge in [-0.05, 0) is 52.1 Å². The molecule has 3 aromatic rings. The minimum Gasteiger partial charge on any atom is -0.481 e. The first-order valence-electron chi connectivity index (χ1n) is 12.2. The Morgan fingerprint density at radius 1 is 1.29 bits per heavy atom. The molecule has 5 rings (SSSR count). The lowest BCUT2D eigenvalue weighted by Crippen LogP contribution is -2.41. The second-order valence-electron chi connectivity index (χ2n) is 9.63. The van der Waals surface area contributed by atoms with Gasteiger partial charge in [-0.1, -0.05) is 0 Å². The highest BCUT2D eigenvalue weighted by Crippen LogP contribution is 2.33. The molecule has 0 saturated carbocycles. The van der Waals surface area contributed by atoms with E-state index in [9.17, 15) is 0 Å². The Labute approximate surface area is 201 Å². The van der Waals surface area contributed by atoms with Crippen LogP contribution in [0.15, 0.2) is 24.7 Å². The summed E-state index contributed by atoms with van der Waals surface area (Å²) in [5, 5.41) is 13.1. The molecule has 1 atom stereocenters. The molecule has 5 heterocycles. The van der Waals surface area contributed by atoms with Crippen molar-refractivity contribution < 1.29 is 9.47 Å². The normalized spacial score (nSPS) is 19.0. The maximum absolute atomic E-state index is 5.70. The van der Waals surface area contributed by atoms with E-state index >= 15 is 0 Å². The van der Waals surface area contributed by atoms with Crippen molar-refractivity contribution in [3.8, 4) is 22.8 Å². The van der Waals surface area contributed by atoms with Gasteiger partial charge in [0, 0.05) is 48.4 Å². The van der Waals surface area contributed by atoms with Gasteiger partial charge in [-0.25, -0.2) is 9.67 Å². The second kappa shape index (κ2) is 9.76. The first kappa shape index (κ1) is 22.9. The molecule has 0 aliphatic carbocycles. The summed E-state index contributed by atoms with van der Waals surface area (Å²) in [6.45, 7) is 11.0. The van der Waals surface area contributed by atoms with Crippen LogP contribution in [0, 0.1) is 12.8 Å². The van der Waals surface area contributed by atoms with Crippen molar-refractivity contribution in [2.45, 2.75) is 52.6 Å². The zero-order chi connectivity index (χ0) is 23.7. The summed E-state index contributed by atoms with van der Waals surface area (Å²) in [6, 6.07) is 2.64. The maximum Gasteiger partial charge on any atom is 0.216 e. The quantitative estimate of drug-likeness (QED) is 0.597. The number of likely N-dealkylation sites (tertiary alicyclic amines) is 1. The molecule has 9 heteroatoms. The van der Waals surface area contributed by atoms with Crippen molar-refractivity contribution in [1.82, 2.24) is 29.4 Å². The van der Waals surface area contributed by atoms with Crippen LogP contribution in [0.1, 0.15) is 37.8 Å². The molecule has 2 aliphatic heterocycles. The molecular weight excluding hydrogens is 430 g/mol. The van der Waals surface area contributed by atoms with E-state index in [1.807, 2.05) is 23.9 Å². The van der Waals surface area contributed by atoms with E-state index in [0.717, 1.165) is 53.4 Å². The van der Waals surface area contributed by atoms with Gasteiger partial charge < -0.3 is 19.7 Å². The highest BCUT2D eigenvalue weighted by atomic mass is 16.5. The standard InChI is InChI=1S/C25H35N7O2/c1-17(2)30-8-5-6-19(13-30)14-31-15-20(11-28-31)23-22-7-9-34-16-27-24(22)32(29-23)21-10-18(3)25(33-4)26-12-21/h10-12,15,17,19,27H,5-9,13-14,16H2,1-4H3. The molecule has 3 aromatic heterocycles. The lowest BCUT2D eigenvalue weighted by Gasteiger charge is -2.35. The highest BCUT2D eigenvalue weighted by molar-refractivity contribution is 5.70. The van der Waals surface area contributed by atoms with E-state index in [-0.39, 0.29) is 0 Å². The van der Waals surface area contributed by atoms with Crippen LogP contribution < -0.4 is 10.1 Å². The van der Waals surface area contributed by atoms with Crippen LogP contribution in [0.3, 0.4) is 0 Å². The van der Waals surface area contributed by atoms with Crippen LogP contribution in [0.4, 0.5) is 5.82 Å². The number of nitrogens with one attached hydrogen (secondary N) is 1. The van der Waals surface area contributed by atoms with Crippen molar-refractivity contribution in [2.24, 2.45) is 5.92 Å². The van der Waals surface area contributed by atoms with Gasteiger partial charge in [0.15, 0.2) is 0 Å². The molecule has 0 radical (unpaired) electrons. The Morgan fingerprint density at radius 3 is 2.97 bits per heavy atom. The number of aromatic nitrogens is 5. The predicted molar refractivity (Wildman–Crippen MR) is 131 cm³/mol. The average molecular weight is 466 g/mol. The minimum absolute atomic E-state index is 0.452. The summed E-state index contributed by atoms with van der Waals surface area (Å²) < 4.78 is 15.1. The monoisotopic (exact) mass is 465 g/mol. The van der Waals surface area contributed by atoms with Crippen molar-refractivity contribution in [3.05, 3.63) is 35.8 Å². The second-order valence-corrected chi connectivity index (χ2v) is 9.63. The molecule has 0 bridgehead atoms. The third-order valence-electron chi connectivity index (χ3n) is 6.91. The van der Waals surface area contributed by atoms with Gasteiger partial charge >= 0.3 is 0 Å². The molecule has 2 aliphatic rings. The minimum atomic E-state index is 0.452. The molecule has 1 unspecified atom stereocenters. The summed E-state index contributed by atoms with van der Waals surface area (Å²) in [4.78, 5) is 7.03. The summed E-state index contributed by atoms with van der Waals surface area (Å²) in [7, 11) is 1.64. The van der Waals surface area contributed by atoms with Crippen LogP contribution in [-0.2, 0) is 17.7 Å². The Bertz CT molecular complexity index is 1140. The fourth-order valence-electron chi connectivity index (χ4n) is 5.10. The Hall–Kier alpha value is -2.91. The van der Waals surface area contributed by atoms with E-state index < -0.39 is 0 Å². The maximum atomic E-state index is 5.70. The van der Waals surface area contributed by atoms with E-state index in [1.165, 1.54) is 19.4 Å². The Kier molecular flexibility index (Phi) is 6.56. The lowest BCUT2D eigenvalue weighted by molar-refractivity contribution is 0.128. The van der Waals surface area contributed by atoms with Gasteiger partial charge in [0.1, 0.15) is 18.2 Å². The van der Waals surface area contributed by atoms with E-state index in [2.05, 4.69) is 39.9 Å². The topological polar surface area (TPSA) is 82.3 Å². The van der Waals surface area contributed by atoms with E-state index in [0.29, 0.717) is 31.2 Å². The number of hydrogen-bond donors (Lipinski definition) is 1. The Morgan fingerprint density at radius 2 is 2.18 bits per heavy atom. The molecule has 0 spiro atoms. The number of methoxy groups -OCH3 is 1. The van der Waals surface area contributed by atoms with Gasteiger partial charge in [-0.3, -0.25) is 4.68 Å².